The third kappa shape index (κ3) is 3.92. The van der Waals surface area contributed by atoms with Gasteiger partial charge in [0.15, 0.2) is 6.61 Å². The zero-order chi connectivity index (χ0) is 16.9. The van der Waals surface area contributed by atoms with Crippen LogP contribution < -0.4 is 10.1 Å². The molecule has 3 rings (SSSR count). The fraction of sp³-hybridized carbons (Fsp3) is 0.368. The lowest BCUT2D eigenvalue weighted by Crippen LogP contribution is -2.50. The SMILES string of the molecule is Cc1cc(C)cc(OCC(=O)N2CCNCC2c2cccnc2)c1. The van der Waals surface area contributed by atoms with E-state index < -0.39 is 0 Å². The molecule has 126 valence electrons. The molecule has 0 saturated carbocycles. The van der Waals surface area contributed by atoms with Crippen molar-refractivity contribution < 1.29 is 9.53 Å². The van der Waals surface area contributed by atoms with Crippen molar-refractivity contribution in [2.45, 2.75) is 19.9 Å². The summed E-state index contributed by atoms with van der Waals surface area (Å²) in [5, 5.41) is 3.34. The van der Waals surface area contributed by atoms with Gasteiger partial charge in [0.05, 0.1) is 6.04 Å². The second kappa shape index (κ2) is 7.45. The smallest absolute Gasteiger partial charge is 0.261 e. The molecule has 24 heavy (non-hydrogen) atoms. The molecule has 5 nitrogen and oxygen atoms in total. The number of carbonyl (C=O) groups excluding carboxylic acids is 1. The fourth-order valence-corrected chi connectivity index (χ4v) is 3.12. The van der Waals surface area contributed by atoms with Gasteiger partial charge in [-0.15, -0.1) is 0 Å². The van der Waals surface area contributed by atoms with Crippen LogP contribution in [0.3, 0.4) is 0 Å². The van der Waals surface area contributed by atoms with Crippen LogP contribution in [-0.4, -0.2) is 42.0 Å². The van der Waals surface area contributed by atoms with Gasteiger partial charge in [-0.2, -0.15) is 0 Å². The van der Waals surface area contributed by atoms with Crippen LogP contribution >= 0.6 is 0 Å². The molecule has 0 bridgehead atoms. The van der Waals surface area contributed by atoms with E-state index >= 15 is 0 Å². The first-order chi connectivity index (χ1) is 11.6. The van der Waals surface area contributed by atoms with E-state index in [1.165, 1.54) is 0 Å². The van der Waals surface area contributed by atoms with Crippen LogP contribution in [0, 0.1) is 13.8 Å². The molecule has 1 aliphatic heterocycles. The van der Waals surface area contributed by atoms with Crippen LogP contribution in [0.25, 0.3) is 0 Å². The molecule has 1 aromatic carbocycles. The van der Waals surface area contributed by atoms with Crippen molar-refractivity contribution in [2.24, 2.45) is 0 Å². The second-order valence-corrected chi connectivity index (χ2v) is 6.21. The highest BCUT2D eigenvalue weighted by Gasteiger charge is 2.28. The third-order valence-corrected chi connectivity index (χ3v) is 4.19. The molecule has 1 atom stereocenters. The Balaban J connectivity index is 1.68. The standard InChI is InChI=1S/C19H23N3O2/c1-14-8-15(2)10-17(9-14)24-13-19(23)22-7-6-21-12-18(22)16-4-3-5-20-11-16/h3-5,8-11,18,21H,6-7,12-13H2,1-2H3. The molecule has 0 aliphatic carbocycles. The number of pyridine rings is 1. The number of hydrogen-bond donors (Lipinski definition) is 1. The Morgan fingerprint density at radius 1 is 1.33 bits per heavy atom. The van der Waals surface area contributed by atoms with E-state index in [4.69, 9.17) is 4.74 Å². The zero-order valence-corrected chi connectivity index (χ0v) is 14.2. The number of aromatic nitrogens is 1. The van der Waals surface area contributed by atoms with Gasteiger partial charge in [0, 0.05) is 32.0 Å². The quantitative estimate of drug-likeness (QED) is 0.937. The molecule has 1 amide bonds. The lowest BCUT2D eigenvalue weighted by Gasteiger charge is -2.36. The van der Waals surface area contributed by atoms with Crippen LogP contribution in [-0.2, 0) is 4.79 Å². The van der Waals surface area contributed by atoms with Crippen molar-refractivity contribution >= 4 is 5.91 Å². The highest BCUT2D eigenvalue weighted by atomic mass is 16.5. The molecule has 1 aromatic heterocycles. The average molecular weight is 325 g/mol. The lowest BCUT2D eigenvalue weighted by molar-refractivity contribution is -0.136. The predicted molar refractivity (Wildman–Crippen MR) is 93.0 cm³/mol. The summed E-state index contributed by atoms with van der Waals surface area (Å²) < 4.78 is 5.74. The summed E-state index contributed by atoms with van der Waals surface area (Å²) >= 11 is 0. The van der Waals surface area contributed by atoms with Gasteiger partial charge in [-0.1, -0.05) is 12.1 Å². The van der Waals surface area contributed by atoms with Crippen molar-refractivity contribution in [1.29, 1.82) is 0 Å². The van der Waals surface area contributed by atoms with E-state index in [0.717, 1.165) is 35.5 Å². The molecule has 2 aromatic rings. The van der Waals surface area contributed by atoms with Gasteiger partial charge in [0.1, 0.15) is 5.75 Å². The van der Waals surface area contributed by atoms with E-state index in [2.05, 4.69) is 16.4 Å². The first-order valence-corrected chi connectivity index (χ1v) is 8.25. The normalized spacial score (nSPS) is 17.6. The first-order valence-electron chi connectivity index (χ1n) is 8.25. The number of piperazine rings is 1. The maximum atomic E-state index is 12.7. The Kier molecular flexibility index (Phi) is 5.11. The van der Waals surface area contributed by atoms with Gasteiger partial charge in [-0.25, -0.2) is 0 Å². The van der Waals surface area contributed by atoms with Gasteiger partial charge in [0.25, 0.3) is 5.91 Å². The number of carbonyl (C=O) groups is 1. The van der Waals surface area contributed by atoms with Crippen molar-refractivity contribution in [1.82, 2.24) is 15.2 Å². The van der Waals surface area contributed by atoms with Crippen LogP contribution in [0.2, 0.25) is 0 Å². The minimum atomic E-state index is 0.00259. The Labute approximate surface area is 142 Å². The van der Waals surface area contributed by atoms with Crippen LogP contribution in [0.4, 0.5) is 0 Å². The Morgan fingerprint density at radius 3 is 2.83 bits per heavy atom. The van der Waals surface area contributed by atoms with E-state index in [1.54, 1.807) is 6.20 Å². The maximum Gasteiger partial charge on any atom is 0.261 e. The van der Waals surface area contributed by atoms with Gasteiger partial charge in [0.2, 0.25) is 0 Å². The summed E-state index contributed by atoms with van der Waals surface area (Å²) in [4.78, 5) is 18.7. The summed E-state index contributed by atoms with van der Waals surface area (Å²) in [5.41, 5.74) is 3.31. The molecular weight excluding hydrogens is 302 g/mol. The van der Waals surface area contributed by atoms with Crippen molar-refractivity contribution in [3.63, 3.8) is 0 Å². The monoisotopic (exact) mass is 325 g/mol. The largest absolute Gasteiger partial charge is 0.484 e. The Hall–Kier alpha value is -2.40. The summed E-state index contributed by atoms with van der Waals surface area (Å²) in [6.07, 6.45) is 3.57. The van der Waals surface area contributed by atoms with Gasteiger partial charge < -0.3 is 15.0 Å². The van der Waals surface area contributed by atoms with E-state index in [-0.39, 0.29) is 18.6 Å². The minimum Gasteiger partial charge on any atom is -0.484 e. The zero-order valence-electron chi connectivity index (χ0n) is 14.2. The molecule has 0 spiro atoms. The summed E-state index contributed by atoms with van der Waals surface area (Å²) in [6.45, 7) is 6.31. The molecule has 2 heterocycles. The highest BCUT2D eigenvalue weighted by Crippen LogP contribution is 2.22. The van der Waals surface area contributed by atoms with Crippen molar-refractivity contribution in [2.75, 3.05) is 26.2 Å². The second-order valence-electron chi connectivity index (χ2n) is 6.21. The molecular formula is C19H23N3O2. The average Bonchev–Trinajstić information content (AvgIpc) is 2.60. The molecule has 0 radical (unpaired) electrons. The third-order valence-electron chi connectivity index (χ3n) is 4.19. The van der Waals surface area contributed by atoms with Crippen LogP contribution in [0.5, 0.6) is 5.75 Å². The van der Waals surface area contributed by atoms with E-state index in [9.17, 15) is 4.79 Å². The number of nitrogens with one attached hydrogen (secondary N) is 1. The topological polar surface area (TPSA) is 54.5 Å². The highest BCUT2D eigenvalue weighted by molar-refractivity contribution is 5.78. The molecule has 1 saturated heterocycles. The number of ether oxygens (including phenoxy) is 1. The van der Waals surface area contributed by atoms with Gasteiger partial charge >= 0.3 is 0 Å². The number of rotatable bonds is 4. The maximum absolute atomic E-state index is 12.7. The van der Waals surface area contributed by atoms with E-state index in [0.29, 0.717) is 6.54 Å². The summed E-state index contributed by atoms with van der Waals surface area (Å²) in [7, 11) is 0. The predicted octanol–water partition coefficient (Wildman–Crippen LogP) is 2.25. The number of hydrogen-bond acceptors (Lipinski definition) is 4. The lowest BCUT2D eigenvalue weighted by atomic mass is 10.1. The first kappa shape index (κ1) is 16.5. The fourth-order valence-electron chi connectivity index (χ4n) is 3.12. The summed E-state index contributed by atoms with van der Waals surface area (Å²) in [5.74, 6) is 0.749. The molecule has 1 fully saturated rings. The molecule has 5 heteroatoms. The molecule has 1 unspecified atom stereocenters. The van der Waals surface area contributed by atoms with Crippen molar-refractivity contribution in [3.05, 3.63) is 59.4 Å². The minimum absolute atomic E-state index is 0.00259. The molecule has 1 aliphatic rings. The van der Waals surface area contributed by atoms with Crippen LogP contribution in [0.15, 0.2) is 42.7 Å². The Bertz CT molecular complexity index is 683. The number of aryl methyl sites for hydroxylation is 2. The molecule has 1 N–H and O–H groups in total. The number of amides is 1. The Morgan fingerprint density at radius 2 is 2.12 bits per heavy atom. The summed E-state index contributed by atoms with van der Waals surface area (Å²) in [6, 6.07) is 9.91. The van der Waals surface area contributed by atoms with Crippen LogP contribution in [0.1, 0.15) is 22.7 Å². The number of nitrogens with zero attached hydrogens (tertiary/aromatic N) is 2. The number of benzene rings is 1. The van der Waals surface area contributed by atoms with Crippen molar-refractivity contribution in [3.8, 4) is 5.75 Å². The van der Waals surface area contributed by atoms with Gasteiger partial charge in [-0.05, 0) is 48.7 Å². The van der Waals surface area contributed by atoms with Gasteiger partial charge in [-0.3, -0.25) is 9.78 Å². The van der Waals surface area contributed by atoms with E-state index in [1.807, 2.05) is 49.2 Å².